The molecule has 1 saturated heterocycles. The van der Waals surface area contributed by atoms with E-state index in [1.54, 1.807) is 17.4 Å². The van der Waals surface area contributed by atoms with Gasteiger partial charge in [-0.3, -0.25) is 9.69 Å². The predicted molar refractivity (Wildman–Crippen MR) is 157 cm³/mol. The third-order valence-corrected chi connectivity index (χ3v) is 9.43. The molecule has 6 nitrogen and oxygen atoms in total. The van der Waals surface area contributed by atoms with Crippen LogP contribution in [0.5, 0.6) is 5.75 Å². The number of carbonyl (C=O) groups is 1. The fraction of sp³-hybridized carbons (Fsp3) is 0.344. The van der Waals surface area contributed by atoms with Crippen molar-refractivity contribution in [2.45, 2.75) is 25.4 Å². The molecule has 0 unspecified atom stereocenters. The number of benzene rings is 2. The van der Waals surface area contributed by atoms with E-state index < -0.39 is 0 Å². The van der Waals surface area contributed by atoms with Gasteiger partial charge in [-0.05, 0) is 66.6 Å². The lowest BCUT2D eigenvalue weighted by atomic mass is 9.91. The summed E-state index contributed by atoms with van der Waals surface area (Å²) in [4.78, 5) is 26.9. The molecule has 0 radical (unpaired) electrons. The van der Waals surface area contributed by atoms with E-state index in [1.807, 2.05) is 11.0 Å². The highest BCUT2D eigenvalue weighted by molar-refractivity contribution is 7.12. The maximum atomic E-state index is 13.8. The summed E-state index contributed by atoms with van der Waals surface area (Å²) in [5.41, 5.74) is 5.96. The molecule has 5 heterocycles. The molecule has 2 aromatic carbocycles. The van der Waals surface area contributed by atoms with Gasteiger partial charge >= 0.3 is 0 Å². The number of fused-ring (bicyclic) bond motifs is 4. The molecule has 1 atom stereocenters. The lowest BCUT2D eigenvalue weighted by Gasteiger charge is -2.36. The molecule has 4 aromatic rings. The van der Waals surface area contributed by atoms with E-state index in [2.05, 4.69) is 76.4 Å². The highest BCUT2D eigenvalue weighted by Crippen LogP contribution is 2.40. The number of hydrogen-bond acceptors (Lipinski definition) is 5. The highest BCUT2D eigenvalue weighted by Gasteiger charge is 2.34. The molecule has 200 valence electrons. The highest BCUT2D eigenvalue weighted by atomic mass is 32.1. The van der Waals surface area contributed by atoms with Gasteiger partial charge in [0, 0.05) is 78.1 Å². The standard InChI is InChI=1S/C32H34N4O2S/c1-34-15-17-35(18-16-34)21-25-8-7-24(39-25)9-11-30(37)36-14-12-27-26-4-2-3-5-28(26)33-31(27)32(36)23-6-10-29-22(20-23)13-19-38-29/h2-11,20,32-33H,12-19,21H2,1H3/b11-9+/t32-/m1/s1. The summed E-state index contributed by atoms with van der Waals surface area (Å²) in [7, 11) is 2.19. The van der Waals surface area contributed by atoms with Crippen molar-refractivity contribution >= 4 is 34.2 Å². The number of H-pyrrole nitrogens is 1. The number of nitrogens with zero attached hydrogens (tertiary/aromatic N) is 3. The Kier molecular flexibility index (Phi) is 6.51. The number of rotatable bonds is 5. The lowest BCUT2D eigenvalue weighted by molar-refractivity contribution is -0.128. The van der Waals surface area contributed by atoms with Gasteiger partial charge in [-0.15, -0.1) is 11.3 Å². The van der Waals surface area contributed by atoms with Crippen molar-refractivity contribution < 1.29 is 9.53 Å². The lowest BCUT2D eigenvalue weighted by Crippen LogP contribution is -2.43. The van der Waals surface area contributed by atoms with Crippen molar-refractivity contribution in [3.8, 4) is 5.75 Å². The van der Waals surface area contributed by atoms with E-state index in [0.717, 1.165) is 79.6 Å². The number of hydrogen-bond donors (Lipinski definition) is 1. The topological polar surface area (TPSA) is 51.8 Å². The summed E-state index contributed by atoms with van der Waals surface area (Å²) < 4.78 is 5.77. The first-order chi connectivity index (χ1) is 19.1. The number of likely N-dealkylation sites (N-methyl/N-ethyl adjacent to an activating group) is 1. The summed E-state index contributed by atoms with van der Waals surface area (Å²) in [5, 5.41) is 1.26. The van der Waals surface area contributed by atoms with Crippen molar-refractivity contribution in [2.24, 2.45) is 0 Å². The molecule has 0 bridgehead atoms. The Morgan fingerprint density at radius 3 is 2.82 bits per heavy atom. The largest absolute Gasteiger partial charge is 0.493 e. The van der Waals surface area contributed by atoms with Crippen LogP contribution in [0, 0.1) is 0 Å². The van der Waals surface area contributed by atoms with Crippen molar-refractivity contribution in [3.05, 3.63) is 92.8 Å². The van der Waals surface area contributed by atoms with E-state index in [0.29, 0.717) is 6.54 Å². The second-order valence-electron chi connectivity index (χ2n) is 10.9. The molecular weight excluding hydrogens is 504 g/mol. The van der Waals surface area contributed by atoms with Crippen LogP contribution in [-0.4, -0.2) is 72.0 Å². The monoisotopic (exact) mass is 538 g/mol. The maximum Gasteiger partial charge on any atom is 0.247 e. The van der Waals surface area contributed by atoms with Crippen LogP contribution < -0.4 is 4.74 Å². The van der Waals surface area contributed by atoms with Gasteiger partial charge in [0.1, 0.15) is 5.75 Å². The average Bonchev–Trinajstić information content (AvgIpc) is 3.70. The van der Waals surface area contributed by atoms with Gasteiger partial charge in [-0.2, -0.15) is 0 Å². The molecule has 3 aliphatic heterocycles. The number of nitrogens with one attached hydrogen (secondary N) is 1. The number of piperazine rings is 1. The predicted octanol–water partition coefficient (Wildman–Crippen LogP) is 5.10. The van der Waals surface area contributed by atoms with Crippen LogP contribution in [0.4, 0.5) is 0 Å². The summed E-state index contributed by atoms with van der Waals surface area (Å²) in [5.74, 6) is 1.02. The molecule has 0 saturated carbocycles. The zero-order chi connectivity index (χ0) is 26.3. The Balaban J connectivity index is 1.15. The molecule has 3 aliphatic rings. The Morgan fingerprint density at radius 1 is 1.05 bits per heavy atom. The van der Waals surface area contributed by atoms with Crippen molar-refractivity contribution in [1.82, 2.24) is 19.7 Å². The molecule has 1 N–H and O–H groups in total. The SMILES string of the molecule is CN1CCN(Cc2ccc(/C=C/C(=O)N3CCc4c([nH]c5ccccc45)[C@H]3c3ccc4c(c3)CCO4)s2)CC1. The first-order valence-corrected chi connectivity index (χ1v) is 14.8. The Bertz CT molecular complexity index is 1540. The van der Waals surface area contributed by atoms with Crippen molar-refractivity contribution in [3.63, 3.8) is 0 Å². The Morgan fingerprint density at radius 2 is 1.92 bits per heavy atom. The minimum atomic E-state index is -0.152. The van der Waals surface area contributed by atoms with Gasteiger partial charge < -0.3 is 19.5 Å². The summed E-state index contributed by atoms with van der Waals surface area (Å²) in [6.07, 6.45) is 5.52. The van der Waals surface area contributed by atoms with Crippen LogP contribution in [0.1, 0.15) is 38.2 Å². The molecule has 7 rings (SSSR count). The fourth-order valence-corrected chi connectivity index (χ4v) is 7.20. The Hall–Kier alpha value is -3.39. The smallest absolute Gasteiger partial charge is 0.247 e. The van der Waals surface area contributed by atoms with Crippen LogP contribution in [0.3, 0.4) is 0 Å². The third-order valence-electron chi connectivity index (χ3n) is 8.39. The summed E-state index contributed by atoms with van der Waals surface area (Å²) in [6.45, 7) is 6.87. The number of aromatic amines is 1. The minimum absolute atomic E-state index is 0.0510. The molecule has 39 heavy (non-hydrogen) atoms. The van der Waals surface area contributed by atoms with Gasteiger partial charge in [0.05, 0.1) is 12.6 Å². The second-order valence-corrected chi connectivity index (χ2v) is 12.1. The fourth-order valence-electron chi connectivity index (χ4n) is 6.25. The zero-order valence-electron chi connectivity index (χ0n) is 22.4. The van der Waals surface area contributed by atoms with Gasteiger partial charge in [0.2, 0.25) is 5.91 Å². The van der Waals surface area contributed by atoms with Gasteiger partial charge in [0.15, 0.2) is 0 Å². The number of thiophene rings is 1. The summed E-state index contributed by atoms with van der Waals surface area (Å²) in [6, 6.07) is 19.1. The van der Waals surface area contributed by atoms with Gasteiger partial charge in [-0.1, -0.05) is 24.3 Å². The molecule has 7 heteroatoms. The van der Waals surface area contributed by atoms with E-state index in [4.69, 9.17) is 4.74 Å². The zero-order valence-corrected chi connectivity index (χ0v) is 23.2. The van der Waals surface area contributed by atoms with E-state index in [-0.39, 0.29) is 11.9 Å². The summed E-state index contributed by atoms with van der Waals surface area (Å²) >= 11 is 1.79. The molecular formula is C32H34N4O2S. The normalized spacial score (nSPS) is 19.9. The van der Waals surface area contributed by atoms with Crippen LogP contribution in [0.2, 0.25) is 0 Å². The first-order valence-electron chi connectivity index (χ1n) is 14.0. The number of aromatic nitrogens is 1. The average molecular weight is 539 g/mol. The number of ether oxygens (including phenoxy) is 1. The van der Waals surface area contributed by atoms with Crippen molar-refractivity contribution in [2.75, 3.05) is 46.4 Å². The number of carbonyl (C=O) groups excluding carboxylic acids is 1. The van der Waals surface area contributed by atoms with Gasteiger partial charge in [-0.25, -0.2) is 0 Å². The molecule has 2 aromatic heterocycles. The maximum absolute atomic E-state index is 13.8. The first kappa shape index (κ1) is 24.6. The minimum Gasteiger partial charge on any atom is -0.493 e. The number of amides is 1. The third kappa shape index (κ3) is 4.80. The van der Waals surface area contributed by atoms with Crippen molar-refractivity contribution in [1.29, 1.82) is 0 Å². The van der Waals surface area contributed by atoms with E-state index in [1.165, 1.54) is 21.4 Å². The molecule has 0 aliphatic carbocycles. The Labute approximate surface area is 233 Å². The molecule has 0 spiro atoms. The van der Waals surface area contributed by atoms with Crippen LogP contribution in [0.25, 0.3) is 17.0 Å². The van der Waals surface area contributed by atoms with E-state index in [9.17, 15) is 4.79 Å². The van der Waals surface area contributed by atoms with Crippen LogP contribution >= 0.6 is 11.3 Å². The van der Waals surface area contributed by atoms with E-state index >= 15 is 0 Å². The quantitative estimate of drug-likeness (QED) is 0.359. The van der Waals surface area contributed by atoms with Gasteiger partial charge in [0.25, 0.3) is 0 Å². The van der Waals surface area contributed by atoms with Crippen LogP contribution in [0.15, 0.2) is 60.7 Å². The number of para-hydroxylation sites is 1. The second kappa shape index (κ2) is 10.3. The molecule has 1 fully saturated rings. The molecule has 1 amide bonds. The van der Waals surface area contributed by atoms with Crippen LogP contribution in [-0.2, 0) is 24.2 Å².